The molecule has 1 rings (SSSR count). The van der Waals surface area contributed by atoms with Gasteiger partial charge in [-0.2, -0.15) is 24.4 Å². The molecule has 102 valence electrons. The van der Waals surface area contributed by atoms with Crippen LogP contribution in [-0.2, 0) is 42.1 Å². The number of nitrogens with zero attached hydrogens (tertiary/aromatic N) is 3. The molecule has 0 aliphatic rings. The Morgan fingerprint density at radius 1 is 1.16 bits per heavy atom. The molecule has 0 aliphatic carbocycles. The Labute approximate surface area is 146 Å². The molecule has 0 aromatic heterocycles. The van der Waals surface area contributed by atoms with E-state index in [1.165, 1.54) is 6.92 Å². The molecule has 5 heteroatoms. The van der Waals surface area contributed by atoms with Crippen molar-refractivity contribution < 1.29 is 42.1 Å². The zero-order chi connectivity index (χ0) is 13.5. The van der Waals surface area contributed by atoms with Crippen LogP contribution in [0.25, 0.3) is 5.41 Å². The standard InChI is InChI=1S/C8H7N.C4H6N2.C2H6.2W/c1-2-9-8-6-4-3-5-7-8;1-3-6-4(2)5;1-2;;/h3-6H,1H3;1-2H3;1-2H3;;/q2*-2;;2*+2. The number of rotatable bonds is 1. The number of hydrogen-bond acceptors (Lipinski definition) is 1. The van der Waals surface area contributed by atoms with Crippen molar-refractivity contribution in [3.8, 4) is 0 Å². The molecule has 0 bridgehead atoms. The fraction of sp³-hybridized carbons (Fsp3) is 0.357. The Morgan fingerprint density at radius 3 is 2.00 bits per heavy atom. The van der Waals surface area contributed by atoms with Crippen LogP contribution in [0.4, 0.5) is 5.69 Å². The van der Waals surface area contributed by atoms with E-state index < -0.39 is 0 Å². The normalized spacial score (nSPS) is 8.26. The van der Waals surface area contributed by atoms with Crippen molar-refractivity contribution in [1.29, 1.82) is 0 Å². The van der Waals surface area contributed by atoms with Gasteiger partial charge in [-0.3, -0.25) is 11.9 Å². The maximum absolute atomic E-state index is 8.24. The fourth-order valence-electron chi connectivity index (χ4n) is 0.736. The van der Waals surface area contributed by atoms with E-state index in [1.807, 2.05) is 38.1 Å². The minimum atomic E-state index is 0. The summed E-state index contributed by atoms with van der Waals surface area (Å²) in [5, 5.41) is 8.24. The van der Waals surface area contributed by atoms with E-state index in [9.17, 15) is 0 Å². The first kappa shape index (κ1) is 27.0. The van der Waals surface area contributed by atoms with Crippen molar-refractivity contribution in [2.75, 3.05) is 0 Å². The summed E-state index contributed by atoms with van der Waals surface area (Å²) in [7, 11) is 0. The Kier molecular flexibility index (Phi) is 32.4. The van der Waals surface area contributed by atoms with Gasteiger partial charge in [0.2, 0.25) is 0 Å². The molecule has 0 spiro atoms. The molecule has 1 aromatic rings. The topological polar surface area (TPSA) is 47.0 Å². The van der Waals surface area contributed by atoms with Crippen LogP contribution in [0.5, 0.6) is 0 Å². The van der Waals surface area contributed by atoms with Crippen LogP contribution in [0, 0.1) is 6.07 Å². The first-order valence-corrected chi connectivity index (χ1v) is 5.45. The van der Waals surface area contributed by atoms with Crippen LogP contribution < -0.4 is 0 Å². The van der Waals surface area contributed by atoms with Crippen molar-refractivity contribution in [3.05, 3.63) is 35.7 Å². The van der Waals surface area contributed by atoms with Crippen molar-refractivity contribution in [3.63, 3.8) is 0 Å². The summed E-state index contributed by atoms with van der Waals surface area (Å²) in [5.41, 5.74) is 0.833. The molecule has 0 atom stereocenters. The van der Waals surface area contributed by atoms with Crippen LogP contribution in [0.2, 0.25) is 0 Å². The second kappa shape index (κ2) is 22.8. The molecule has 0 heterocycles. The molecular weight excluding hydrogens is 578 g/mol. The largest absolute Gasteiger partial charge is 2.00 e. The predicted molar refractivity (Wildman–Crippen MR) is 76.5 cm³/mol. The third-order valence-corrected chi connectivity index (χ3v) is 1.20. The van der Waals surface area contributed by atoms with Crippen molar-refractivity contribution in [2.45, 2.75) is 34.6 Å². The van der Waals surface area contributed by atoms with Gasteiger partial charge in [0.1, 0.15) is 0 Å². The second-order valence-corrected chi connectivity index (χ2v) is 2.47. The third-order valence-electron chi connectivity index (χ3n) is 1.20. The Morgan fingerprint density at radius 2 is 1.74 bits per heavy atom. The smallest absolute Gasteiger partial charge is 0.645 e. The SMILES string of the molecule is CC.C[C-]=NC(C)=[N-].C[C-]=Nc1[c-]cccc1.[W+2].[W+2]. The van der Waals surface area contributed by atoms with Crippen LogP contribution in [0.15, 0.2) is 34.3 Å². The van der Waals surface area contributed by atoms with Crippen molar-refractivity contribution >= 4 is 24.0 Å². The van der Waals surface area contributed by atoms with E-state index in [4.69, 9.17) is 5.41 Å². The van der Waals surface area contributed by atoms with Crippen molar-refractivity contribution in [2.24, 2.45) is 9.98 Å². The number of amidine groups is 1. The number of benzene rings is 1. The molecule has 0 saturated carbocycles. The van der Waals surface area contributed by atoms with Gasteiger partial charge in [-0.25, -0.2) is 11.8 Å². The molecule has 0 fully saturated rings. The summed E-state index contributed by atoms with van der Waals surface area (Å²) in [5.74, 6) is 0.0532. The van der Waals surface area contributed by atoms with Crippen molar-refractivity contribution in [1.82, 2.24) is 0 Å². The van der Waals surface area contributed by atoms with Crippen LogP contribution >= 0.6 is 0 Å². The quantitative estimate of drug-likeness (QED) is 0.267. The Hall–Kier alpha value is -0.393. The van der Waals surface area contributed by atoms with Crippen LogP contribution in [-0.4, -0.2) is 18.3 Å². The summed E-state index contributed by atoms with van der Waals surface area (Å²) < 4.78 is 0. The Bertz CT molecular complexity index is 336. The van der Waals surface area contributed by atoms with Crippen LogP contribution in [0.3, 0.4) is 0 Å². The molecule has 0 saturated heterocycles. The van der Waals surface area contributed by atoms with Gasteiger partial charge in [0, 0.05) is 0 Å². The average molecular weight is 597 g/mol. The molecule has 3 nitrogen and oxygen atoms in total. The average Bonchev–Trinajstić information content (AvgIpc) is 2.34. The van der Waals surface area contributed by atoms with Gasteiger partial charge >= 0.3 is 42.1 Å². The van der Waals surface area contributed by atoms with E-state index in [-0.39, 0.29) is 48.0 Å². The summed E-state index contributed by atoms with van der Waals surface area (Å²) in [6.45, 7) is 8.89. The maximum atomic E-state index is 8.24. The molecule has 0 radical (unpaired) electrons. The first-order valence-electron chi connectivity index (χ1n) is 5.45. The van der Waals surface area contributed by atoms with E-state index in [1.54, 1.807) is 13.8 Å². The fourth-order valence-corrected chi connectivity index (χ4v) is 0.736. The first-order chi connectivity index (χ1) is 8.20. The molecular formula is C14H19N3W2. The van der Waals surface area contributed by atoms with Gasteiger partial charge < -0.3 is 21.6 Å². The Balaban J connectivity index is -0.000000101. The number of hydrogen-bond donors (Lipinski definition) is 0. The van der Waals surface area contributed by atoms with E-state index in [2.05, 4.69) is 28.5 Å². The molecule has 19 heavy (non-hydrogen) atoms. The summed E-state index contributed by atoms with van der Waals surface area (Å²) in [4.78, 5) is 7.25. The van der Waals surface area contributed by atoms with E-state index in [0.29, 0.717) is 0 Å². The van der Waals surface area contributed by atoms with Gasteiger partial charge in [0.05, 0.1) is 0 Å². The zero-order valence-electron chi connectivity index (χ0n) is 12.0. The monoisotopic (exact) mass is 597 g/mol. The van der Waals surface area contributed by atoms with E-state index in [0.717, 1.165) is 5.69 Å². The summed E-state index contributed by atoms with van der Waals surface area (Å²) >= 11 is 0. The van der Waals surface area contributed by atoms with Gasteiger partial charge in [-0.15, -0.1) is 20.8 Å². The number of para-hydroxylation sites is 1. The van der Waals surface area contributed by atoms with Gasteiger partial charge in [-0.1, -0.05) is 13.8 Å². The number of aliphatic imine (C=N–C) groups is 2. The molecule has 1 aromatic carbocycles. The summed E-state index contributed by atoms with van der Waals surface area (Å²) in [6, 6.07) is 10.5. The van der Waals surface area contributed by atoms with Gasteiger partial charge in [0.25, 0.3) is 0 Å². The predicted octanol–water partition coefficient (Wildman–Crippen LogP) is 4.05. The minimum Gasteiger partial charge on any atom is -0.645 e. The molecule has 0 unspecified atom stereocenters. The zero-order valence-corrected chi connectivity index (χ0v) is 17.8. The molecule has 0 aliphatic heterocycles. The van der Waals surface area contributed by atoms with E-state index >= 15 is 0 Å². The molecule has 0 amide bonds. The minimum absolute atomic E-state index is 0. The maximum Gasteiger partial charge on any atom is 2.00 e. The second-order valence-electron chi connectivity index (χ2n) is 2.47. The molecule has 0 N–H and O–H groups in total. The third kappa shape index (κ3) is 23.2. The summed E-state index contributed by atoms with van der Waals surface area (Å²) in [6.07, 6.45) is 5.08. The van der Waals surface area contributed by atoms with Crippen LogP contribution in [0.1, 0.15) is 34.6 Å². The van der Waals surface area contributed by atoms with Gasteiger partial charge in [-0.05, 0) is 0 Å². The van der Waals surface area contributed by atoms with Gasteiger partial charge in [0.15, 0.2) is 0 Å².